The lowest BCUT2D eigenvalue weighted by molar-refractivity contribution is -0.138. The maximum absolute atomic E-state index is 13.1. The summed E-state index contributed by atoms with van der Waals surface area (Å²) in [5.41, 5.74) is 11.5. The highest BCUT2D eigenvalue weighted by molar-refractivity contribution is 5.91. The van der Waals surface area contributed by atoms with E-state index >= 15 is 0 Å². The van der Waals surface area contributed by atoms with E-state index in [0.717, 1.165) is 6.42 Å². The SMILES string of the molecule is CO[C@@H]1[C@H](OC(=O)NCC(=O)N[C@@H](CCCN=C(N)N)C(=O)NCC(=O)N[C@@H](CC(=O)O)c2cccnc2)CC[C@]2(CO2)[C@H]1[C@@]1(C)O[C@@H]1CC=C(C)C. The highest BCUT2D eigenvalue weighted by Crippen LogP contribution is 2.59. The fraction of sp³-hybridized carbons (Fsp3) is 0.629. The largest absolute Gasteiger partial charge is 0.481 e. The maximum Gasteiger partial charge on any atom is 0.407 e. The van der Waals surface area contributed by atoms with Crippen molar-refractivity contribution in [1.29, 1.82) is 0 Å². The summed E-state index contributed by atoms with van der Waals surface area (Å²) in [6, 6.07) is 1.22. The van der Waals surface area contributed by atoms with Crippen LogP contribution in [0.1, 0.15) is 70.9 Å². The number of rotatable bonds is 19. The Labute approximate surface area is 308 Å². The summed E-state index contributed by atoms with van der Waals surface area (Å²) in [6.07, 6.45) is 4.98. The van der Waals surface area contributed by atoms with Crippen molar-refractivity contribution in [2.45, 2.75) is 101 Å². The van der Waals surface area contributed by atoms with Crippen LogP contribution in [0.2, 0.25) is 0 Å². The van der Waals surface area contributed by atoms with E-state index in [1.165, 1.54) is 18.0 Å². The van der Waals surface area contributed by atoms with Gasteiger partial charge < -0.3 is 56.8 Å². The molecule has 8 atom stereocenters. The molecule has 9 N–H and O–H groups in total. The molecule has 0 bridgehead atoms. The summed E-state index contributed by atoms with van der Waals surface area (Å²) in [5.74, 6) is -3.50. The molecule has 3 fully saturated rings. The molecule has 18 heteroatoms. The molecule has 4 amide bonds. The number of aromatic nitrogens is 1. The summed E-state index contributed by atoms with van der Waals surface area (Å²) in [4.78, 5) is 71.0. The Hall–Kier alpha value is -4.81. The normalized spacial score (nSPS) is 26.6. The van der Waals surface area contributed by atoms with Gasteiger partial charge in [-0.15, -0.1) is 0 Å². The van der Waals surface area contributed by atoms with Crippen LogP contribution in [0.3, 0.4) is 0 Å². The molecule has 3 aliphatic rings. The first-order valence-electron chi connectivity index (χ1n) is 17.6. The molecule has 18 nitrogen and oxygen atoms in total. The van der Waals surface area contributed by atoms with Crippen molar-refractivity contribution in [3.8, 4) is 0 Å². The highest BCUT2D eigenvalue weighted by Gasteiger charge is 2.72. The van der Waals surface area contributed by atoms with Gasteiger partial charge in [0, 0.05) is 26.0 Å². The Balaban J connectivity index is 1.30. The number of amides is 4. The number of ether oxygens (including phenoxy) is 4. The molecule has 4 rings (SSSR count). The van der Waals surface area contributed by atoms with Gasteiger partial charge in [0.2, 0.25) is 17.7 Å². The number of allylic oxidation sites excluding steroid dienone is 1. The minimum Gasteiger partial charge on any atom is -0.481 e. The number of hydrogen-bond donors (Lipinski definition) is 7. The summed E-state index contributed by atoms with van der Waals surface area (Å²) >= 11 is 0. The molecule has 53 heavy (non-hydrogen) atoms. The Kier molecular flexibility index (Phi) is 14.1. The molecule has 1 aromatic heterocycles. The quantitative estimate of drug-likeness (QED) is 0.0328. The van der Waals surface area contributed by atoms with E-state index < -0.39 is 84.8 Å². The molecule has 3 heterocycles. The van der Waals surface area contributed by atoms with Gasteiger partial charge in [0.05, 0.1) is 37.6 Å². The van der Waals surface area contributed by atoms with Crippen LogP contribution >= 0.6 is 0 Å². The zero-order valence-corrected chi connectivity index (χ0v) is 30.6. The smallest absolute Gasteiger partial charge is 0.407 e. The number of pyridine rings is 1. The van der Waals surface area contributed by atoms with E-state index in [1.807, 2.05) is 20.8 Å². The fourth-order valence-electron chi connectivity index (χ4n) is 6.96. The van der Waals surface area contributed by atoms with Crippen LogP contribution in [0, 0.1) is 5.92 Å². The number of nitrogens with one attached hydrogen (secondary N) is 4. The number of carboxylic acid groups (broad SMARTS) is 1. The number of carbonyl (C=O) groups excluding carboxylic acids is 4. The Bertz CT molecular complexity index is 1530. The van der Waals surface area contributed by atoms with Gasteiger partial charge >= 0.3 is 12.1 Å². The summed E-state index contributed by atoms with van der Waals surface area (Å²) in [7, 11) is 1.56. The number of methoxy groups -OCH3 is 1. The number of nitrogens with two attached hydrogens (primary N) is 2. The number of hydrogen-bond acceptors (Lipinski definition) is 11. The van der Waals surface area contributed by atoms with Gasteiger partial charge in [-0.3, -0.25) is 29.2 Å². The minimum atomic E-state index is -1.14. The van der Waals surface area contributed by atoms with Crippen molar-refractivity contribution in [3.05, 3.63) is 41.7 Å². The zero-order chi connectivity index (χ0) is 38.8. The average Bonchev–Trinajstić information content (AvgIpc) is 4.03. The Morgan fingerprint density at radius 3 is 2.49 bits per heavy atom. The number of nitrogens with zero attached hydrogens (tertiary/aromatic N) is 2. The molecular weight excluding hydrogens is 692 g/mol. The number of aliphatic carboxylic acids is 1. The van der Waals surface area contributed by atoms with Crippen LogP contribution < -0.4 is 32.7 Å². The van der Waals surface area contributed by atoms with Crippen LogP contribution in [0.4, 0.5) is 4.79 Å². The summed E-state index contributed by atoms with van der Waals surface area (Å²) < 4.78 is 23.9. The Morgan fingerprint density at radius 1 is 1.15 bits per heavy atom. The van der Waals surface area contributed by atoms with Crippen LogP contribution in [0.25, 0.3) is 0 Å². The van der Waals surface area contributed by atoms with Crippen molar-refractivity contribution in [1.82, 2.24) is 26.3 Å². The van der Waals surface area contributed by atoms with E-state index in [-0.39, 0.29) is 30.9 Å². The van der Waals surface area contributed by atoms with Crippen LogP contribution in [0.15, 0.2) is 41.2 Å². The Morgan fingerprint density at radius 2 is 1.87 bits per heavy atom. The van der Waals surface area contributed by atoms with Crippen molar-refractivity contribution >= 4 is 35.7 Å². The zero-order valence-electron chi connectivity index (χ0n) is 30.6. The second-order valence-corrected chi connectivity index (χ2v) is 14.0. The number of alkyl carbamates (subject to hydrolysis) is 1. The van der Waals surface area contributed by atoms with Gasteiger partial charge in [0.1, 0.15) is 36.0 Å². The molecule has 0 aromatic carbocycles. The van der Waals surface area contributed by atoms with Crippen molar-refractivity contribution in [2.75, 3.05) is 33.4 Å². The molecule has 292 valence electrons. The fourth-order valence-corrected chi connectivity index (χ4v) is 6.96. The van der Waals surface area contributed by atoms with Crippen LogP contribution in [0.5, 0.6) is 0 Å². The highest BCUT2D eigenvalue weighted by atomic mass is 16.6. The van der Waals surface area contributed by atoms with Gasteiger partial charge in [-0.05, 0) is 64.5 Å². The van der Waals surface area contributed by atoms with Gasteiger partial charge in [0.15, 0.2) is 5.96 Å². The molecule has 0 unspecified atom stereocenters. The summed E-state index contributed by atoms with van der Waals surface area (Å²) in [6.45, 7) is 5.84. The predicted molar refractivity (Wildman–Crippen MR) is 190 cm³/mol. The molecule has 2 saturated heterocycles. The third-order valence-electron chi connectivity index (χ3n) is 9.71. The van der Waals surface area contributed by atoms with Crippen LogP contribution in [-0.2, 0) is 38.1 Å². The second kappa shape index (κ2) is 18.3. The predicted octanol–water partition coefficient (Wildman–Crippen LogP) is 0.171. The number of carboxylic acids is 1. The maximum atomic E-state index is 13.1. The molecule has 1 aromatic rings. The lowest BCUT2D eigenvalue weighted by Gasteiger charge is -2.42. The van der Waals surface area contributed by atoms with E-state index in [9.17, 15) is 29.1 Å². The van der Waals surface area contributed by atoms with Gasteiger partial charge in [-0.25, -0.2) is 4.79 Å². The topological polar surface area (TPSA) is 275 Å². The van der Waals surface area contributed by atoms with Crippen molar-refractivity contribution < 1.29 is 48.0 Å². The molecule has 1 spiro atoms. The third kappa shape index (κ3) is 11.6. The molecule has 1 aliphatic carbocycles. The molecule has 2 aliphatic heterocycles. The van der Waals surface area contributed by atoms with E-state index in [2.05, 4.69) is 37.3 Å². The lowest BCUT2D eigenvalue weighted by Crippen LogP contribution is -2.56. The summed E-state index contributed by atoms with van der Waals surface area (Å²) in [5, 5.41) is 19.4. The molecule has 1 saturated carbocycles. The number of epoxide rings is 2. The first-order chi connectivity index (χ1) is 25.2. The van der Waals surface area contributed by atoms with Gasteiger partial charge in [-0.2, -0.15) is 0 Å². The van der Waals surface area contributed by atoms with Crippen LogP contribution in [-0.4, -0.2) is 115 Å². The number of aliphatic imine (C=N–C) groups is 1. The van der Waals surface area contributed by atoms with E-state index in [1.54, 1.807) is 19.2 Å². The van der Waals surface area contributed by atoms with Gasteiger partial charge in [0.25, 0.3) is 0 Å². The van der Waals surface area contributed by atoms with Gasteiger partial charge in [-0.1, -0.05) is 17.7 Å². The molecular formula is C35H52N8O10. The average molecular weight is 745 g/mol. The van der Waals surface area contributed by atoms with Crippen molar-refractivity contribution in [2.24, 2.45) is 22.4 Å². The van der Waals surface area contributed by atoms with Crippen molar-refractivity contribution in [3.63, 3.8) is 0 Å². The third-order valence-corrected chi connectivity index (χ3v) is 9.71. The molecule has 0 radical (unpaired) electrons. The van der Waals surface area contributed by atoms with E-state index in [4.69, 9.17) is 30.4 Å². The number of guanidine groups is 1. The van der Waals surface area contributed by atoms with E-state index in [0.29, 0.717) is 31.4 Å². The first-order valence-corrected chi connectivity index (χ1v) is 17.6. The minimum absolute atomic E-state index is 0.0166. The first kappa shape index (κ1) is 41.0. The second-order valence-electron chi connectivity index (χ2n) is 14.0. The monoisotopic (exact) mass is 744 g/mol. The number of carbonyl (C=O) groups is 5. The lowest BCUT2D eigenvalue weighted by atomic mass is 9.68. The standard InChI is InChI=1S/C35H52N8O10/c1-20(2)9-10-25-34(3,53-25)30-29(50-4)24(11-12-35(30)19-51-35)52-33(49)41-18-27(45)42-22(8-6-14-39-32(36)37)31(48)40-17-26(44)43-23(15-28(46)47)21-7-5-13-38-16-21/h5,7,9,13,16,22-25,29-30H,6,8,10-12,14-15,17-19H2,1-4H3,(H,40,48)(H,41,49)(H,42,45)(H,43,44)(H,46,47)(H4,36,37,39)/t22-,23-,24+,25+,29+,30+,34-,35-/m0/s1.